The van der Waals surface area contributed by atoms with E-state index in [9.17, 15) is 14.7 Å². The maximum absolute atomic E-state index is 12.2. The van der Waals surface area contributed by atoms with E-state index in [0.29, 0.717) is 16.1 Å². The van der Waals surface area contributed by atoms with Crippen molar-refractivity contribution in [2.75, 3.05) is 7.11 Å². The topological polar surface area (TPSA) is 75.6 Å². The van der Waals surface area contributed by atoms with E-state index in [2.05, 4.69) is 5.32 Å². The van der Waals surface area contributed by atoms with Gasteiger partial charge in [-0.3, -0.25) is 4.79 Å². The fourth-order valence-electron chi connectivity index (χ4n) is 2.26. The molecule has 0 bridgehead atoms. The fourth-order valence-corrected chi connectivity index (χ4v) is 2.47. The second-order valence-corrected chi connectivity index (χ2v) is 5.60. The van der Waals surface area contributed by atoms with Crippen LogP contribution in [0.25, 0.3) is 0 Å². The van der Waals surface area contributed by atoms with Gasteiger partial charge in [-0.25, -0.2) is 4.79 Å². The van der Waals surface area contributed by atoms with Crippen LogP contribution < -0.4 is 5.32 Å². The Morgan fingerprint density at radius 2 is 1.75 bits per heavy atom. The lowest BCUT2D eigenvalue weighted by atomic mass is 10.0. The second-order valence-electron chi connectivity index (χ2n) is 5.19. The fraction of sp³-hybridized carbons (Fsp3) is 0.222. The third kappa shape index (κ3) is 4.57. The molecule has 1 amide bonds. The summed E-state index contributed by atoms with van der Waals surface area (Å²) in [5.74, 6) is -1.29. The van der Waals surface area contributed by atoms with Crippen LogP contribution in [-0.4, -0.2) is 30.1 Å². The van der Waals surface area contributed by atoms with E-state index in [4.69, 9.17) is 16.3 Å². The highest BCUT2D eigenvalue weighted by atomic mass is 35.5. The number of aliphatic hydroxyl groups is 1. The van der Waals surface area contributed by atoms with Crippen LogP contribution in [-0.2, 0) is 20.7 Å². The number of carbonyl (C=O) groups excluding carboxylic acids is 2. The Balaban J connectivity index is 2.13. The molecule has 0 heterocycles. The normalized spacial score (nSPS) is 13.0. The lowest BCUT2D eigenvalue weighted by molar-refractivity contribution is -0.146. The predicted molar refractivity (Wildman–Crippen MR) is 90.5 cm³/mol. The van der Waals surface area contributed by atoms with Gasteiger partial charge in [0, 0.05) is 11.4 Å². The van der Waals surface area contributed by atoms with E-state index in [0.717, 1.165) is 0 Å². The van der Waals surface area contributed by atoms with Crippen molar-refractivity contribution in [3.05, 3.63) is 70.7 Å². The number of methoxy groups -OCH3 is 1. The van der Waals surface area contributed by atoms with Crippen LogP contribution in [0, 0.1) is 0 Å². The van der Waals surface area contributed by atoms with E-state index in [1.807, 2.05) is 0 Å². The summed E-state index contributed by atoms with van der Waals surface area (Å²) in [6, 6.07) is 14.6. The van der Waals surface area contributed by atoms with Gasteiger partial charge in [-0.15, -0.1) is 0 Å². The molecular weight excluding hydrogens is 330 g/mol. The zero-order chi connectivity index (χ0) is 17.5. The highest BCUT2D eigenvalue weighted by Gasteiger charge is 2.26. The molecule has 0 aliphatic rings. The number of amides is 1. The van der Waals surface area contributed by atoms with Gasteiger partial charge < -0.3 is 15.2 Å². The third-order valence-electron chi connectivity index (χ3n) is 3.55. The summed E-state index contributed by atoms with van der Waals surface area (Å²) in [5, 5.41) is 13.1. The SMILES string of the molecule is COC(=O)[C@@H](Cc1ccccc1Cl)NC(=O)[C@@H](O)c1ccccc1. The highest BCUT2D eigenvalue weighted by Crippen LogP contribution is 2.18. The zero-order valence-corrected chi connectivity index (χ0v) is 13.9. The highest BCUT2D eigenvalue weighted by molar-refractivity contribution is 6.31. The van der Waals surface area contributed by atoms with Crippen molar-refractivity contribution < 1.29 is 19.4 Å². The van der Waals surface area contributed by atoms with Gasteiger partial charge in [0.1, 0.15) is 6.04 Å². The van der Waals surface area contributed by atoms with E-state index in [1.165, 1.54) is 7.11 Å². The first-order chi connectivity index (χ1) is 11.5. The predicted octanol–water partition coefficient (Wildman–Crippen LogP) is 2.27. The minimum absolute atomic E-state index is 0.166. The summed E-state index contributed by atoms with van der Waals surface area (Å²) in [6.07, 6.45) is -1.20. The summed E-state index contributed by atoms with van der Waals surface area (Å²) in [4.78, 5) is 24.2. The molecular formula is C18H18ClNO4. The Kier molecular flexibility index (Phi) is 6.35. The molecule has 0 saturated carbocycles. The number of halogens is 1. The molecule has 0 aromatic heterocycles. The van der Waals surface area contributed by atoms with Gasteiger partial charge in [0.25, 0.3) is 5.91 Å². The molecule has 24 heavy (non-hydrogen) atoms. The number of hydrogen-bond acceptors (Lipinski definition) is 4. The van der Waals surface area contributed by atoms with Gasteiger partial charge in [-0.05, 0) is 17.2 Å². The molecule has 126 valence electrons. The van der Waals surface area contributed by atoms with Gasteiger partial charge in [0.2, 0.25) is 0 Å². The molecule has 2 rings (SSSR count). The number of ether oxygens (including phenoxy) is 1. The number of carbonyl (C=O) groups is 2. The molecule has 0 saturated heterocycles. The van der Waals surface area contributed by atoms with Crippen LogP contribution in [0.5, 0.6) is 0 Å². The van der Waals surface area contributed by atoms with Crippen LogP contribution in [0.4, 0.5) is 0 Å². The van der Waals surface area contributed by atoms with Crippen LogP contribution in [0.1, 0.15) is 17.2 Å². The first-order valence-corrected chi connectivity index (χ1v) is 7.75. The summed E-state index contributed by atoms with van der Waals surface area (Å²) >= 11 is 6.10. The molecule has 0 aliphatic carbocycles. The largest absolute Gasteiger partial charge is 0.467 e. The molecule has 0 unspecified atom stereocenters. The summed E-state index contributed by atoms with van der Waals surface area (Å²) < 4.78 is 4.73. The third-order valence-corrected chi connectivity index (χ3v) is 3.92. The molecule has 5 nitrogen and oxygen atoms in total. The number of benzene rings is 2. The lowest BCUT2D eigenvalue weighted by Crippen LogP contribution is -2.45. The van der Waals surface area contributed by atoms with Gasteiger partial charge >= 0.3 is 5.97 Å². The van der Waals surface area contributed by atoms with Gasteiger partial charge in [0.05, 0.1) is 7.11 Å². The average molecular weight is 348 g/mol. The van der Waals surface area contributed by atoms with Crippen molar-refractivity contribution in [1.82, 2.24) is 5.32 Å². The second kappa shape index (κ2) is 8.47. The summed E-state index contributed by atoms with van der Waals surface area (Å²) in [7, 11) is 1.24. The van der Waals surface area contributed by atoms with Crippen molar-refractivity contribution in [2.45, 2.75) is 18.6 Å². The van der Waals surface area contributed by atoms with E-state index >= 15 is 0 Å². The maximum Gasteiger partial charge on any atom is 0.328 e. The van der Waals surface area contributed by atoms with Crippen LogP contribution in [0.2, 0.25) is 5.02 Å². The first-order valence-electron chi connectivity index (χ1n) is 7.37. The van der Waals surface area contributed by atoms with Gasteiger partial charge in [0.15, 0.2) is 6.10 Å². The summed E-state index contributed by atoms with van der Waals surface area (Å²) in [5.41, 5.74) is 1.14. The monoisotopic (exact) mass is 347 g/mol. The van der Waals surface area contributed by atoms with Crippen molar-refractivity contribution in [3.8, 4) is 0 Å². The zero-order valence-electron chi connectivity index (χ0n) is 13.1. The Morgan fingerprint density at radius 3 is 2.38 bits per heavy atom. The molecule has 2 aromatic rings. The van der Waals surface area contributed by atoms with Crippen LogP contribution in [0.15, 0.2) is 54.6 Å². The Labute approximate surface area is 145 Å². The van der Waals surface area contributed by atoms with Crippen molar-refractivity contribution in [2.24, 2.45) is 0 Å². The van der Waals surface area contributed by atoms with E-state index < -0.39 is 24.0 Å². The van der Waals surface area contributed by atoms with Crippen molar-refractivity contribution in [1.29, 1.82) is 0 Å². The standard InChI is InChI=1S/C18H18ClNO4/c1-24-18(23)15(11-13-9-5-6-10-14(13)19)20-17(22)16(21)12-7-3-2-4-8-12/h2-10,15-16,21H,11H2,1H3,(H,20,22)/t15-,16+/m1/s1. The molecule has 6 heteroatoms. The lowest BCUT2D eigenvalue weighted by Gasteiger charge is -2.19. The first kappa shape index (κ1) is 18.0. The van der Waals surface area contributed by atoms with Crippen molar-refractivity contribution >= 4 is 23.5 Å². The Hall–Kier alpha value is -2.37. The number of hydrogen-bond donors (Lipinski definition) is 2. The molecule has 0 aliphatic heterocycles. The maximum atomic E-state index is 12.2. The smallest absolute Gasteiger partial charge is 0.328 e. The summed E-state index contributed by atoms with van der Waals surface area (Å²) in [6.45, 7) is 0. The van der Waals surface area contributed by atoms with Crippen LogP contribution >= 0.6 is 11.6 Å². The molecule has 0 fully saturated rings. The number of esters is 1. The van der Waals surface area contributed by atoms with E-state index in [-0.39, 0.29) is 6.42 Å². The molecule has 2 atom stereocenters. The Morgan fingerprint density at radius 1 is 1.12 bits per heavy atom. The number of rotatable bonds is 6. The van der Waals surface area contributed by atoms with E-state index in [1.54, 1.807) is 54.6 Å². The van der Waals surface area contributed by atoms with Gasteiger partial charge in [-0.1, -0.05) is 60.1 Å². The number of aliphatic hydroxyl groups excluding tert-OH is 1. The minimum Gasteiger partial charge on any atom is -0.467 e. The average Bonchev–Trinajstić information content (AvgIpc) is 2.62. The van der Waals surface area contributed by atoms with Crippen LogP contribution in [0.3, 0.4) is 0 Å². The molecule has 2 N–H and O–H groups in total. The molecule has 0 radical (unpaired) electrons. The number of nitrogens with one attached hydrogen (secondary N) is 1. The quantitative estimate of drug-likeness (QED) is 0.786. The Bertz CT molecular complexity index is 705. The molecule has 0 spiro atoms. The van der Waals surface area contributed by atoms with Gasteiger partial charge in [-0.2, -0.15) is 0 Å². The molecule has 2 aromatic carbocycles. The van der Waals surface area contributed by atoms with Crippen molar-refractivity contribution in [3.63, 3.8) is 0 Å². The minimum atomic E-state index is -1.37.